The predicted molar refractivity (Wildman–Crippen MR) is 42.8 cm³/mol. The number of hydrogen-bond donors (Lipinski definition) is 1. The summed E-state index contributed by atoms with van der Waals surface area (Å²) in [6.07, 6.45) is 5.31. The van der Waals surface area contributed by atoms with Crippen LogP contribution in [0.3, 0.4) is 0 Å². The highest BCUT2D eigenvalue weighted by atomic mass is 16.3. The van der Waals surface area contributed by atoms with Crippen LogP contribution in [-0.4, -0.2) is 11.2 Å². The number of rotatable bonds is 4. The zero-order valence-electron chi connectivity index (χ0n) is 7.01. The maximum Gasteiger partial charge on any atom is 0.0537 e. The maximum atomic E-state index is 9.15. The van der Waals surface area contributed by atoms with Crippen LogP contribution in [0.1, 0.15) is 39.5 Å². The van der Waals surface area contributed by atoms with Crippen LogP contribution < -0.4 is 0 Å². The van der Waals surface area contributed by atoms with Crippen LogP contribution in [0.2, 0.25) is 0 Å². The summed E-state index contributed by atoms with van der Waals surface area (Å²) in [5.41, 5.74) is 0. The Morgan fingerprint density at radius 3 is 2.40 bits per heavy atom. The van der Waals surface area contributed by atoms with Crippen LogP contribution >= 0.6 is 0 Å². The monoisotopic (exact) mass is 142 g/mol. The molecule has 0 aromatic rings. The minimum atomic E-state index is -0.112. The average molecular weight is 142 g/mol. The van der Waals surface area contributed by atoms with Crippen LogP contribution in [-0.2, 0) is 0 Å². The highest BCUT2D eigenvalue weighted by Crippen LogP contribution is 2.34. The van der Waals surface area contributed by atoms with Crippen molar-refractivity contribution in [2.45, 2.75) is 45.6 Å². The molecule has 1 aliphatic carbocycles. The lowest BCUT2D eigenvalue weighted by Crippen LogP contribution is -2.12. The van der Waals surface area contributed by atoms with E-state index < -0.39 is 0 Å². The molecule has 0 amide bonds. The molecule has 0 aromatic carbocycles. The van der Waals surface area contributed by atoms with Crippen LogP contribution in [0.15, 0.2) is 0 Å². The lowest BCUT2D eigenvalue weighted by molar-refractivity contribution is 0.128. The van der Waals surface area contributed by atoms with E-state index in [4.69, 9.17) is 5.11 Å². The summed E-state index contributed by atoms with van der Waals surface area (Å²) in [5, 5.41) is 9.15. The molecule has 2 unspecified atom stereocenters. The van der Waals surface area contributed by atoms with E-state index in [2.05, 4.69) is 6.92 Å². The molecule has 0 aliphatic heterocycles. The number of aliphatic hydroxyl groups is 1. The zero-order chi connectivity index (χ0) is 7.56. The lowest BCUT2D eigenvalue weighted by atomic mass is 9.99. The van der Waals surface area contributed by atoms with Crippen LogP contribution in [0.4, 0.5) is 0 Å². The van der Waals surface area contributed by atoms with E-state index in [1.165, 1.54) is 25.7 Å². The van der Waals surface area contributed by atoms with Gasteiger partial charge in [0.15, 0.2) is 0 Å². The molecule has 0 saturated heterocycles. The minimum absolute atomic E-state index is 0.112. The summed E-state index contributed by atoms with van der Waals surface area (Å²) in [6, 6.07) is 0. The highest BCUT2D eigenvalue weighted by molar-refractivity contribution is 4.74. The molecule has 60 valence electrons. The summed E-state index contributed by atoms with van der Waals surface area (Å²) in [6.45, 7) is 4.02. The molecule has 2 atom stereocenters. The largest absolute Gasteiger partial charge is 0.393 e. The van der Waals surface area contributed by atoms with Gasteiger partial charge in [0.2, 0.25) is 0 Å². The molecule has 0 heterocycles. The predicted octanol–water partition coefficient (Wildman–Crippen LogP) is 2.19. The molecule has 0 bridgehead atoms. The van der Waals surface area contributed by atoms with E-state index in [-0.39, 0.29) is 6.10 Å². The van der Waals surface area contributed by atoms with Gasteiger partial charge in [-0.25, -0.2) is 0 Å². The molecule has 1 rings (SSSR count). The van der Waals surface area contributed by atoms with E-state index in [0.29, 0.717) is 5.92 Å². The van der Waals surface area contributed by atoms with Gasteiger partial charge in [0.1, 0.15) is 0 Å². The van der Waals surface area contributed by atoms with Crippen LogP contribution in [0.25, 0.3) is 0 Å². The molecule has 1 nitrogen and oxygen atoms in total. The second-order valence-electron chi connectivity index (χ2n) is 3.74. The van der Waals surface area contributed by atoms with E-state index in [0.717, 1.165) is 5.92 Å². The molecule has 1 saturated carbocycles. The SMILES string of the molecule is CC(O)C(C)CCC1CC1. The van der Waals surface area contributed by atoms with Crippen molar-refractivity contribution in [1.82, 2.24) is 0 Å². The Bertz CT molecular complexity index is 94.9. The third-order valence-corrected chi connectivity index (χ3v) is 2.55. The summed E-state index contributed by atoms with van der Waals surface area (Å²) < 4.78 is 0. The third-order valence-electron chi connectivity index (χ3n) is 2.55. The Balaban J connectivity index is 1.99. The Hall–Kier alpha value is -0.0400. The first-order chi connectivity index (χ1) is 4.70. The van der Waals surface area contributed by atoms with E-state index in [1.807, 2.05) is 6.92 Å². The Labute approximate surface area is 63.4 Å². The fourth-order valence-corrected chi connectivity index (χ4v) is 1.15. The Morgan fingerprint density at radius 2 is 2.00 bits per heavy atom. The van der Waals surface area contributed by atoms with Gasteiger partial charge in [0.25, 0.3) is 0 Å². The van der Waals surface area contributed by atoms with Gasteiger partial charge in [-0.15, -0.1) is 0 Å². The third kappa shape index (κ3) is 2.70. The van der Waals surface area contributed by atoms with E-state index >= 15 is 0 Å². The van der Waals surface area contributed by atoms with Crippen molar-refractivity contribution in [3.05, 3.63) is 0 Å². The first-order valence-electron chi connectivity index (χ1n) is 4.38. The molecule has 0 radical (unpaired) electrons. The zero-order valence-corrected chi connectivity index (χ0v) is 7.01. The fourth-order valence-electron chi connectivity index (χ4n) is 1.15. The number of hydrogen-bond acceptors (Lipinski definition) is 1. The molecule has 1 aliphatic rings. The van der Waals surface area contributed by atoms with Crippen LogP contribution in [0, 0.1) is 11.8 Å². The molecular formula is C9H18O. The number of aliphatic hydroxyl groups excluding tert-OH is 1. The van der Waals surface area contributed by atoms with Gasteiger partial charge in [-0.2, -0.15) is 0 Å². The second kappa shape index (κ2) is 3.38. The van der Waals surface area contributed by atoms with Crippen molar-refractivity contribution in [3.63, 3.8) is 0 Å². The van der Waals surface area contributed by atoms with Crippen molar-refractivity contribution in [1.29, 1.82) is 0 Å². The van der Waals surface area contributed by atoms with Gasteiger partial charge in [-0.05, 0) is 25.2 Å². The van der Waals surface area contributed by atoms with Gasteiger partial charge in [-0.3, -0.25) is 0 Å². The topological polar surface area (TPSA) is 20.2 Å². The van der Waals surface area contributed by atoms with E-state index in [1.54, 1.807) is 0 Å². The van der Waals surface area contributed by atoms with Gasteiger partial charge < -0.3 is 5.11 Å². The van der Waals surface area contributed by atoms with Crippen molar-refractivity contribution in [2.24, 2.45) is 11.8 Å². The van der Waals surface area contributed by atoms with Crippen molar-refractivity contribution in [2.75, 3.05) is 0 Å². The maximum absolute atomic E-state index is 9.15. The molecular weight excluding hydrogens is 124 g/mol. The minimum Gasteiger partial charge on any atom is -0.393 e. The first-order valence-corrected chi connectivity index (χ1v) is 4.38. The lowest BCUT2D eigenvalue weighted by Gasteiger charge is -2.13. The van der Waals surface area contributed by atoms with Gasteiger partial charge in [0.05, 0.1) is 6.10 Å². The molecule has 0 spiro atoms. The molecule has 1 heteroatoms. The molecule has 0 aromatic heterocycles. The smallest absolute Gasteiger partial charge is 0.0537 e. The standard InChI is InChI=1S/C9H18O/c1-7(8(2)10)3-4-9-5-6-9/h7-10H,3-6H2,1-2H3. The normalized spacial score (nSPS) is 24.3. The summed E-state index contributed by atoms with van der Waals surface area (Å²) >= 11 is 0. The van der Waals surface area contributed by atoms with Gasteiger partial charge in [0, 0.05) is 0 Å². The van der Waals surface area contributed by atoms with Crippen LogP contribution in [0.5, 0.6) is 0 Å². The molecule has 1 N–H and O–H groups in total. The Kier molecular flexibility index (Phi) is 2.72. The molecule has 1 fully saturated rings. The average Bonchev–Trinajstić information content (AvgIpc) is 2.64. The summed E-state index contributed by atoms with van der Waals surface area (Å²) in [4.78, 5) is 0. The quantitative estimate of drug-likeness (QED) is 0.638. The first kappa shape index (κ1) is 8.06. The second-order valence-corrected chi connectivity index (χ2v) is 3.74. The van der Waals surface area contributed by atoms with Gasteiger partial charge in [-0.1, -0.05) is 26.2 Å². The fraction of sp³-hybridized carbons (Fsp3) is 1.00. The molecule has 10 heavy (non-hydrogen) atoms. The Morgan fingerprint density at radius 1 is 1.40 bits per heavy atom. The summed E-state index contributed by atoms with van der Waals surface area (Å²) in [7, 11) is 0. The van der Waals surface area contributed by atoms with Crippen molar-refractivity contribution in [3.8, 4) is 0 Å². The van der Waals surface area contributed by atoms with Gasteiger partial charge >= 0.3 is 0 Å². The summed E-state index contributed by atoms with van der Waals surface area (Å²) in [5.74, 6) is 1.52. The van der Waals surface area contributed by atoms with E-state index in [9.17, 15) is 0 Å². The van der Waals surface area contributed by atoms with Crippen molar-refractivity contribution < 1.29 is 5.11 Å². The highest BCUT2D eigenvalue weighted by Gasteiger charge is 2.22. The van der Waals surface area contributed by atoms with Crippen molar-refractivity contribution >= 4 is 0 Å².